The zero-order valence-corrected chi connectivity index (χ0v) is 13.4. The summed E-state index contributed by atoms with van der Waals surface area (Å²) in [5.74, 6) is 0.620. The summed E-state index contributed by atoms with van der Waals surface area (Å²) in [6.45, 7) is 2.10. The lowest BCUT2D eigenvalue weighted by Gasteiger charge is -2.01. The monoisotopic (exact) mass is 313 g/mol. The molecule has 0 aliphatic carbocycles. The zero-order chi connectivity index (χ0) is 14.7. The molecule has 1 aromatic heterocycles. The largest absolute Gasteiger partial charge is 0.236 e. The molecule has 1 heterocycles. The predicted octanol–water partition coefficient (Wildman–Crippen LogP) is 5.57. The third kappa shape index (κ3) is 3.17. The minimum atomic E-state index is 0.620. The molecule has 0 amide bonds. The highest BCUT2D eigenvalue weighted by Crippen LogP contribution is 2.34. The fraction of sp³-hybridized carbons (Fsp3) is 0.167. The molecule has 0 saturated heterocycles. The number of hydrogen-bond donors (Lipinski definition) is 0. The number of nitrogens with zero attached hydrogens (tertiary/aromatic N) is 1. The van der Waals surface area contributed by atoms with Gasteiger partial charge in [-0.05, 0) is 13.3 Å². The molecule has 0 radical (unpaired) electrons. The van der Waals surface area contributed by atoms with Gasteiger partial charge < -0.3 is 0 Å². The normalized spacial score (nSPS) is 10.8. The van der Waals surface area contributed by atoms with E-state index in [4.69, 9.17) is 16.6 Å². The lowest BCUT2D eigenvalue weighted by atomic mass is 10.1. The first-order valence-electron chi connectivity index (χ1n) is 6.96. The Morgan fingerprint density at radius 2 is 1.67 bits per heavy atom. The minimum Gasteiger partial charge on any atom is -0.236 e. The lowest BCUT2D eigenvalue weighted by Crippen LogP contribution is -1.87. The van der Waals surface area contributed by atoms with Crippen molar-refractivity contribution in [2.45, 2.75) is 13.3 Å². The fourth-order valence-corrected chi connectivity index (χ4v) is 3.64. The van der Waals surface area contributed by atoms with E-state index in [0.717, 1.165) is 22.7 Å². The number of benzene rings is 2. The summed E-state index contributed by atoms with van der Waals surface area (Å²) in [7, 11) is 0. The first kappa shape index (κ1) is 14.3. The van der Waals surface area contributed by atoms with Crippen molar-refractivity contribution in [3.63, 3.8) is 0 Å². The molecule has 1 nitrogen and oxygen atoms in total. The van der Waals surface area contributed by atoms with E-state index >= 15 is 0 Å². The van der Waals surface area contributed by atoms with Crippen LogP contribution >= 0.6 is 22.9 Å². The van der Waals surface area contributed by atoms with E-state index in [1.165, 1.54) is 16.0 Å². The summed E-state index contributed by atoms with van der Waals surface area (Å²) in [5, 5.41) is 1.06. The molecule has 0 fully saturated rings. The molecule has 3 aromatic rings. The Morgan fingerprint density at radius 3 is 2.33 bits per heavy atom. The van der Waals surface area contributed by atoms with Gasteiger partial charge in [0.15, 0.2) is 0 Å². The quantitative estimate of drug-likeness (QED) is 0.574. The highest BCUT2D eigenvalue weighted by molar-refractivity contribution is 7.15. The highest BCUT2D eigenvalue weighted by atomic mass is 35.5. The minimum absolute atomic E-state index is 0.620. The van der Waals surface area contributed by atoms with Crippen LogP contribution in [0.3, 0.4) is 0 Å². The van der Waals surface area contributed by atoms with Gasteiger partial charge >= 0.3 is 0 Å². The number of aryl methyl sites for hydroxylation is 2. The highest BCUT2D eigenvalue weighted by Gasteiger charge is 2.13. The number of hydrogen-bond acceptors (Lipinski definition) is 2. The van der Waals surface area contributed by atoms with Crippen LogP contribution in [0.4, 0.5) is 0 Å². The SMILES string of the molecule is Cc1ccc(-c2nc(-c3ccccc3)sc2CCCl)cc1. The van der Waals surface area contributed by atoms with Crippen molar-refractivity contribution in [1.29, 1.82) is 0 Å². The smallest absolute Gasteiger partial charge is 0.124 e. The Labute approximate surface area is 134 Å². The summed E-state index contributed by atoms with van der Waals surface area (Å²) < 4.78 is 0. The summed E-state index contributed by atoms with van der Waals surface area (Å²) in [6.07, 6.45) is 0.856. The zero-order valence-electron chi connectivity index (χ0n) is 11.8. The van der Waals surface area contributed by atoms with Crippen LogP contribution in [0.5, 0.6) is 0 Å². The molecule has 3 heteroatoms. The second kappa shape index (κ2) is 6.42. The molecule has 3 rings (SSSR count). The molecule has 21 heavy (non-hydrogen) atoms. The summed E-state index contributed by atoms with van der Waals surface area (Å²) in [6, 6.07) is 18.8. The van der Waals surface area contributed by atoms with Gasteiger partial charge in [-0.3, -0.25) is 0 Å². The van der Waals surface area contributed by atoms with Crippen molar-refractivity contribution in [2.24, 2.45) is 0 Å². The average Bonchev–Trinajstić information content (AvgIpc) is 2.93. The van der Waals surface area contributed by atoms with Crippen molar-refractivity contribution < 1.29 is 0 Å². The molecular formula is C18H16ClNS. The van der Waals surface area contributed by atoms with Crippen LogP contribution < -0.4 is 0 Å². The van der Waals surface area contributed by atoms with Gasteiger partial charge in [-0.1, -0.05) is 60.2 Å². The van der Waals surface area contributed by atoms with Crippen LogP contribution in [-0.4, -0.2) is 10.9 Å². The van der Waals surface area contributed by atoms with Crippen molar-refractivity contribution >= 4 is 22.9 Å². The van der Waals surface area contributed by atoms with E-state index in [0.29, 0.717) is 5.88 Å². The number of thiazole rings is 1. The maximum Gasteiger partial charge on any atom is 0.124 e. The molecule has 0 spiro atoms. The van der Waals surface area contributed by atoms with Crippen LogP contribution in [-0.2, 0) is 6.42 Å². The van der Waals surface area contributed by atoms with Gasteiger partial charge in [0.2, 0.25) is 0 Å². The molecule has 0 saturated carbocycles. The molecule has 0 N–H and O–H groups in total. The second-order valence-electron chi connectivity index (χ2n) is 4.96. The van der Waals surface area contributed by atoms with Crippen molar-refractivity contribution in [3.05, 3.63) is 65.0 Å². The Bertz CT molecular complexity index is 717. The van der Waals surface area contributed by atoms with E-state index in [1.807, 2.05) is 18.2 Å². The Hall–Kier alpha value is -1.64. The van der Waals surface area contributed by atoms with E-state index in [1.54, 1.807) is 11.3 Å². The van der Waals surface area contributed by atoms with E-state index in [9.17, 15) is 0 Å². The van der Waals surface area contributed by atoms with E-state index in [2.05, 4.69) is 43.3 Å². The number of aromatic nitrogens is 1. The maximum absolute atomic E-state index is 5.95. The van der Waals surface area contributed by atoms with Gasteiger partial charge in [0.05, 0.1) is 5.69 Å². The van der Waals surface area contributed by atoms with Gasteiger partial charge in [0.25, 0.3) is 0 Å². The Balaban J connectivity index is 2.06. The first-order chi connectivity index (χ1) is 10.3. The van der Waals surface area contributed by atoms with E-state index < -0.39 is 0 Å². The number of rotatable bonds is 4. The van der Waals surface area contributed by atoms with Crippen LogP contribution in [0.2, 0.25) is 0 Å². The summed E-state index contributed by atoms with van der Waals surface area (Å²) >= 11 is 7.70. The van der Waals surface area contributed by atoms with Crippen molar-refractivity contribution in [3.8, 4) is 21.8 Å². The van der Waals surface area contributed by atoms with Gasteiger partial charge in [-0.25, -0.2) is 4.98 Å². The average molecular weight is 314 g/mol. The molecular weight excluding hydrogens is 298 g/mol. The topological polar surface area (TPSA) is 12.9 Å². The van der Waals surface area contributed by atoms with Crippen LogP contribution in [0.1, 0.15) is 10.4 Å². The van der Waals surface area contributed by atoms with Crippen LogP contribution in [0.25, 0.3) is 21.8 Å². The lowest BCUT2D eigenvalue weighted by molar-refractivity contribution is 1.18. The predicted molar refractivity (Wildman–Crippen MR) is 92.1 cm³/mol. The number of alkyl halides is 1. The first-order valence-corrected chi connectivity index (χ1v) is 8.31. The second-order valence-corrected chi connectivity index (χ2v) is 6.42. The molecule has 0 aliphatic rings. The molecule has 106 valence electrons. The standard InChI is InChI=1S/C18H16ClNS/c1-13-7-9-14(10-8-13)17-16(11-12-19)21-18(20-17)15-5-3-2-4-6-15/h2-10H,11-12H2,1H3. The molecule has 0 bridgehead atoms. The summed E-state index contributed by atoms with van der Waals surface area (Å²) in [4.78, 5) is 6.12. The molecule has 2 aromatic carbocycles. The Kier molecular flexibility index (Phi) is 4.37. The molecule has 0 unspecified atom stereocenters. The summed E-state index contributed by atoms with van der Waals surface area (Å²) in [5.41, 5.74) is 4.66. The molecule has 0 atom stereocenters. The van der Waals surface area contributed by atoms with E-state index in [-0.39, 0.29) is 0 Å². The van der Waals surface area contributed by atoms with Crippen LogP contribution in [0, 0.1) is 6.92 Å². The Morgan fingerprint density at radius 1 is 0.952 bits per heavy atom. The maximum atomic E-state index is 5.95. The van der Waals surface area contributed by atoms with Gasteiger partial charge in [-0.15, -0.1) is 22.9 Å². The fourth-order valence-electron chi connectivity index (χ4n) is 2.25. The van der Waals surface area contributed by atoms with Gasteiger partial charge in [-0.2, -0.15) is 0 Å². The van der Waals surface area contributed by atoms with Crippen molar-refractivity contribution in [1.82, 2.24) is 4.98 Å². The molecule has 0 aliphatic heterocycles. The van der Waals surface area contributed by atoms with Gasteiger partial charge in [0, 0.05) is 21.9 Å². The van der Waals surface area contributed by atoms with Gasteiger partial charge in [0.1, 0.15) is 5.01 Å². The van der Waals surface area contributed by atoms with Crippen molar-refractivity contribution in [2.75, 3.05) is 5.88 Å². The van der Waals surface area contributed by atoms with Crippen LogP contribution in [0.15, 0.2) is 54.6 Å². The number of halogens is 1. The third-order valence-corrected chi connectivity index (χ3v) is 4.72. The third-order valence-electron chi connectivity index (χ3n) is 3.36.